The summed E-state index contributed by atoms with van der Waals surface area (Å²) in [6, 6.07) is 9.52. The van der Waals surface area contributed by atoms with Crippen LogP contribution in [0.5, 0.6) is 0 Å². The van der Waals surface area contributed by atoms with Gasteiger partial charge in [0.1, 0.15) is 0 Å². The zero-order valence-electron chi connectivity index (χ0n) is 13.3. The molecule has 21 heavy (non-hydrogen) atoms. The van der Waals surface area contributed by atoms with E-state index in [1.165, 1.54) is 37.3 Å². The number of benzene rings is 1. The number of nitrogens with one attached hydrogen (secondary N) is 1. The van der Waals surface area contributed by atoms with Crippen molar-refractivity contribution < 1.29 is 4.74 Å². The Balaban J connectivity index is 1.57. The minimum atomic E-state index is 0.403. The zero-order chi connectivity index (χ0) is 14.7. The van der Waals surface area contributed by atoms with Crippen LogP contribution in [0.3, 0.4) is 0 Å². The Morgan fingerprint density at radius 2 is 1.86 bits per heavy atom. The van der Waals surface area contributed by atoms with Crippen LogP contribution in [0, 0.1) is 5.92 Å². The van der Waals surface area contributed by atoms with Gasteiger partial charge in [-0.05, 0) is 55.9 Å². The lowest BCUT2D eigenvalue weighted by atomic mass is 9.95. The SMILES string of the molecule is CC(C)C1CC(Nc2ccc(N3CCCC3)cc2)CCO1. The van der Waals surface area contributed by atoms with Crippen LogP contribution >= 0.6 is 0 Å². The molecule has 0 spiro atoms. The van der Waals surface area contributed by atoms with Crippen LogP contribution in [-0.2, 0) is 4.74 Å². The lowest BCUT2D eigenvalue weighted by Crippen LogP contribution is -2.36. The number of ether oxygens (including phenoxy) is 1. The van der Waals surface area contributed by atoms with Gasteiger partial charge in [-0.3, -0.25) is 0 Å². The first kappa shape index (κ1) is 14.7. The van der Waals surface area contributed by atoms with Crippen LogP contribution < -0.4 is 10.2 Å². The molecular formula is C18H28N2O. The molecule has 2 aliphatic heterocycles. The second kappa shape index (κ2) is 6.69. The van der Waals surface area contributed by atoms with E-state index in [1.54, 1.807) is 0 Å². The summed E-state index contributed by atoms with van der Waals surface area (Å²) in [5, 5.41) is 3.68. The summed E-state index contributed by atoms with van der Waals surface area (Å²) in [5.74, 6) is 0.604. The highest BCUT2D eigenvalue weighted by Gasteiger charge is 2.24. The first-order valence-corrected chi connectivity index (χ1v) is 8.45. The van der Waals surface area contributed by atoms with E-state index in [1.807, 2.05) is 0 Å². The topological polar surface area (TPSA) is 24.5 Å². The van der Waals surface area contributed by atoms with Crippen molar-refractivity contribution in [2.75, 3.05) is 29.9 Å². The maximum atomic E-state index is 5.85. The molecule has 0 bridgehead atoms. The second-order valence-corrected chi connectivity index (χ2v) is 6.76. The molecule has 2 atom stereocenters. The Bertz CT molecular complexity index is 437. The fourth-order valence-electron chi connectivity index (χ4n) is 3.40. The molecule has 1 aromatic rings. The zero-order valence-corrected chi connectivity index (χ0v) is 13.3. The second-order valence-electron chi connectivity index (χ2n) is 6.76. The van der Waals surface area contributed by atoms with Crippen molar-refractivity contribution >= 4 is 11.4 Å². The van der Waals surface area contributed by atoms with Crippen LogP contribution in [0.4, 0.5) is 11.4 Å². The molecule has 0 aromatic heterocycles. The van der Waals surface area contributed by atoms with Gasteiger partial charge in [0.05, 0.1) is 6.10 Å². The average Bonchev–Trinajstić information content (AvgIpc) is 3.02. The van der Waals surface area contributed by atoms with Crippen molar-refractivity contribution in [3.8, 4) is 0 Å². The predicted molar refractivity (Wildman–Crippen MR) is 89.1 cm³/mol. The van der Waals surface area contributed by atoms with E-state index in [2.05, 4.69) is 48.3 Å². The first-order chi connectivity index (χ1) is 10.2. The predicted octanol–water partition coefficient (Wildman–Crippen LogP) is 3.90. The highest BCUT2D eigenvalue weighted by molar-refractivity contribution is 5.55. The largest absolute Gasteiger partial charge is 0.382 e. The Morgan fingerprint density at radius 1 is 1.14 bits per heavy atom. The molecule has 3 heteroatoms. The van der Waals surface area contributed by atoms with Crippen LogP contribution in [-0.4, -0.2) is 31.8 Å². The molecule has 1 N–H and O–H groups in total. The normalized spacial score (nSPS) is 26.3. The fourth-order valence-corrected chi connectivity index (χ4v) is 3.40. The van der Waals surface area contributed by atoms with E-state index in [-0.39, 0.29) is 0 Å². The number of hydrogen-bond acceptors (Lipinski definition) is 3. The smallest absolute Gasteiger partial charge is 0.0617 e. The molecule has 2 saturated heterocycles. The number of hydrogen-bond donors (Lipinski definition) is 1. The van der Waals surface area contributed by atoms with E-state index in [4.69, 9.17) is 4.74 Å². The Kier molecular flexibility index (Phi) is 4.69. The van der Waals surface area contributed by atoms with Gasteiger partial charge in [-0.1, -0.05) is 13.8 Å². The van der Waals surface area contributed by atoms with Gasteiger partial charge in [0.15, 0.2) is 0 Å². The van der Waals surface area contributed by atoms with Crippen molar-refractivity contribution in [1.82, 2.24) is 0 Å². The molecule has 0 amide bonds. The van der Waals surface area contributed by atoms with Crippen LogP contribution in [0.1, 0.15) is 39.5 Å². The molecule has 2 heterocycles. The van der Waals surface area contributed by atoms with Gasteiger partial charge in [0, 0.05) is 37.1 Å². The van der Waals surface area contributed by atoms with Crippen molar-refractivity contribution in [3.63, 3.8) is 0 Å². The fraction of sp³-hybridized carbons (Fsp3) is 0.667. The van der Waals surface area contributed by atoms with Crippen LogP contribution in [0.15, 0.2) is 24.3 Å². The maximum absolute atomic E-state index is 5.85. The monoisotopic (exact) mass is 288 g/mol. The maximum Gasteiger partial charge on any atom is 0.0617 e. The van der Waals surface area contributed by atoms with Crippen LogP contribution in [0.25, 0.3) is 0 Å². The molecule has 0 radical (unpaired) electrons. The first-order valence-electron chi connectivity index (χ1n) is 8.45. The Labute approximate surface area is 128 Å². The number of anilines is 2. The van der Waals surface area contributed by atoms with Crippen LogP contribution in [0.2, 0.25) is 0 Å². The molecule has 3 nitrogen and oxygen atoms in total. The molecule has 0 aliphatic carbocycles. The lowest BCUT2D eigenvalue weighted by Gasteiger charge is -2.33. The Hall–Kier alpha value is -1.22. The third-order valence-electron chi connectivity index (χ3n) is 4.77. The van der Waals surface area contributed by atoms with Crippen molar-refractivity contribution in [3.05, 3.63) is 24.3 Å². The van der Waals surface area contributed by atoms with Gasteiger partial charge in [0.2, 0.25) is 0 Å². The highest BCUT2D eigenvalue weighted by Crippen LogP contribution is 2.25. The lowest BCUT2D eigenvalue weighted by molar-refractivity contribution is -0.0160. The average molecular weight is 288 g/mol. The quantitative estimate of drug-likeness (QED) is 0.909. The molecule has 3 rings (SSSR count). The van der Waals surface area contributed by atoms with Crippen molar-refractivity contribution in [1.29, 1.82) is 0 Å². The van der Waals surface area contributed by atoms with E-state index < -0.39 is 0 Å². The molecule has 1 aromatic carbocycles. The summed E-state index contributed by atoms with van der Waals surface area (Å²) >= 11 is 0. The molecule has 0 saturated carbocycles. The Morgan fingerprint density at radius 3 is 2.52 bits per heavy atom. The van der Waals surface area contributed by atoms with Crippen molar-refractivity contribution in [2.24, 2.45) is 5.92 Å². The third-order valence-corrected chi connectivity index (χ3v) is 4.77. The van der Waals surface area contributed by atoms with E-state index in [0.717, 1.165) is 19.4 Å². The van der Waals surface area contributed by atoms with E-state index >= 15 is 0 Å². The standard InChI is InChI=1S/C18H28N2O/c1-14(2)18-13-16(9-12-21-18)19-15-5-7-17(8-6-15)20-10-3-4-11-20/h5-8,14,16,18-19H,3-4,9-13H2,1-2H3. The number of nitrogens with zero attached hydrogens (tertiary/aromatic N) is 1. The van der Waals surface area contributed by atoms with Crippen molar-refractivity contribution in [2.45, 2.75) is 51.7 Å². The molecule has 2 unspecified atom stereocenters. The highest BCUT2D eigenvalue weighted by atomic mass is 16.5. The molecule has 2 fully saturated rings. The van der Waals surface area contributed by atoms with Gasteiger partial charge in [-0.2, -0.15) is 0 Å². The van der Waals surface area contributed by atoms with Gasteiger partial charge in [0.25, 0.3) is 0 Å². The molecule has 2 aliphatic rings. The molecular weight excluding hydrogens is 260 g/mol. The van der Waals surface area contributed by atoms with Gasteiger partial charge in [-0.15, -0.1) is 0 Å². The summed E-state index contributed by atoms with van der Waals surface area (Å²) in [5.41, 5.74) is 2.61. The van der Waals surface area contributed by atoms with Gasteiger partial charge >= 0.3 is 0 Å². The van der Waals surface area contributed by atoms with Gasteiger partial charge < -0.3 is 15.0 Å². The third kappa shape index (κ3) is 3.70. The minimum absolute atomic E-state index is 0.403. The summed E-state index contributed by atoms with van der Waals surface area (Å²) in [6.07, 6.45) is 5.29. The summed E-state index contributed by atoms with van der Waals surface area (Å²) in [6.45, 7) is 7.80. The summed E-state index contributed by atoms with van der Waals surface area (Å²) in [7, 11) is 0. The number of rotatable bonds is 4. The van der Waals surface area contributed by atoms with E-state index in [9.17, 15) is 0 Å². The molecule has 116 valence electrons. The van der Waals surface area contributed by atoms with Gasteiger partial charge in [-0.25, -0.2) is 0 Å². The minimum Gasteiger partial charge on any atom is -0.382 e. The summed E-state index contributed by atoms with van der Waals surface area (Å²) < 4.78 is 5.85. The summed E-state index contributed by atoms with van der Waals surface area (Å²) in [4.78, 5) is 2.48. The van der Waals surface area contributed by atoms with E-state index in [0.29, 0.717) is 18.1 Å².